The third-order valence-corrected chi connectivity index (χ3v) is 5.65. The van der Waals surface area contributed by atoms with E-state index in [1.807, 2.05) is 30.3 Å². The molecule has 4 rings (SSSR count). The first kappa shape index (κ1) is 19.4. The molecule has 3 heterocycles. The number of rotatable bonds is 5. The molecule has 0 radical (unpaired) electrons. The van der Waals surface area contributed by atoms with Gasteiger partial charge in [0.15, 0.2) is 0 Å². The lowest BCUT2D eigenvalue weighted by Gasteiger charge is -2.23. The number of aromatic nitrogens is 1. The standard InChI is InChI=1S/C21H24FN5O2/c1-29-17-8-18-19(24-10-17)3-2-4-20(18)25-15-5-6-26(12-15)13-21(28)27-11-14(22)7-16(27)9-23/h2-4,8,10,14-16,25H,5-7,11-13H2,1H3/t14-,15+,16?/m0/s1. The number of pyridine rings is 1. The number of fused-ring (bicyclic) bond motifs is 1. The first-order valence-electron chi connectivity index (χ1n) is 9.82. The first-order chi connectivity index (χ1) is 14.1. The molecule has 1 aromatic carbocycles. The van der Waals surface area contributed by atoms with Crippen LogP contribution in [0.1, 0.15) is 12.8 Å². The number of likely N-dealkylation sites (tertiary alicyclic amines) is 2. The number of nitrogens with one attached hydrogen (secondary N) is 1. The molecule has 0 spiro atoms. The zero-order chi connectivity index (χ0) is 20.4. The zero-order valence-electron chi connectivity index (χ0n) is 16.3. The number of ether oxygens (including phenoxy) is 1. The summed E-state index contributed by atoms with van der Waals surface area (Å²) >= 11 is 0. The Morgan fingerprint density at radius 2 is 2.31 bits per heavy atom. The average molecular weight is 397 g/mol. The summed E-state index contributed by atoms with van der Waals surface area (Å²) in [6.07, 6.45) is 1.61. The van der Waals surface area contributed by atoms with Gasteiger partial charge in [0.25, 0.3) is 0 Å². The predicted octanol–water partition coefficient (Wildman–Crippen LogP) is 2.19. The third kappa shape index (κ3) is 4.10. The average Bonchev–Trinajstić information content (AvgIpc) is 3.33. The van der Waals surface area contributed by atoms with Crippen molar-refractivity contribution in [3.8, 4) is 11.8 Å². The van der Waals surface area contributed by atoms with Gasteiger partial charge in [-0.2, -0.15) is 5.26 Å². The number of benzene rings is 1. The van der Waals surface area contributed by atoms with Crippen molar-refractivity contribution >= 4 is 22.5 Å². The van der Waals surface area contributed by atoms with E-state index in [1.165, 1.54) is 4.90 Å². The van der Waals surface area contributed by atoms with E-state index in [4.69, 9.17) is 10.00 Å². The van der Waals surface area contributed by atoms with Crippen molar-refractivity contribution in [1.29, 1.82) is 5.26 Å². The molecule has 0 bridgehead atoms. The molecule has 29 heavy (non-hydrogen) atoms. The summed E-state index contributed by atoms with van der Waals surface area (Å²) in [4.78, 5) is 20.4. The number of nitriles is 1. The molecule has 1 amide bonds. The number of nitrogens with zero attached hydrogens (tertiary/aromatic N) is 4. The molecule has 1 aromatic heterocycles. The third-order valence-electron chi connectivity index (χ3n) is 5.65. The van der Waals surface area contributed by atoms with Crippen LogP contribution in [0, 0.1) is 11.3 Å². The van der Waals surface area contributed by atoms with Crippen LogP contribution in [0.4, 0.5) is 10.1 Å². The Hall–Kier alpha value is -2.92. The lowest BCUT2D eigenvalue weighted by Crippen LogP contribution is -2.42. The molecular formula is C21H24FN5O2. The normalized spacial score (nSPS) is 24.6. The van der Waals surface area contributed by atoms with Crippen molar-refractivity contribution in [2.45, 2.75) is 31.1 Å². The summed E-state index contributed by atoms with van der Waals surface area (Å²) in [7, 11) is 1.62. The van der Waals surface area contributed by atoms with Crippen LogP contribution in [0.15, 0.2) is 30.5 Å². The number of carbonyl (C=O) groups excluding carboxylic acids is 1. The molecule has 2 fully saturated rings. The van der Waals surface area contributed by atoms with Crippen LogP contribution in [0.25, 0.3) is 10.9 Å². The van der Waals surface area contributed by atoms with Crippen LogP contribution in [-0.2, 0) is 4.79 Å². The summed E-state index contributed by atoms with van der Waals surface area (Å²) in [5.74, 6) is 0.533. The van der Waals surface area contributed by atoms with Crippen LogP contribution in [0.3, 0.4) is 0 Å². The number of amides is 1. The van der Waals surface area contributed by atoms with E-state index in [-0.39, 0.29) is 31.5 Å². The van der Waals surface area contributed by atoms with Gasteiger partial charge in [-0.3, -0.25) is 14.7 Å². The fraction of sp³-hybridized carbons (Fsp3) is 0.476. The molecule has 1 N–H and O–H groups in total. The minimum Gasteiger partial charge on any atom is -0.495 e. The largest absolute Gasteiger partial charge is 0.495 e. The molecule has 0 saturated carbocycles. The number of alkyl halides is 1. The summed E-state index contributed by atoms with van der Waals surface area (Å²) in [5, 5.41) is 13.7. The van der Waals surface area contributed by atoms with E-state index < -0.39 is 12.2 Å². The van der Waals surface area contributed by atoms with E-state index >= 15 is 0 Å². The molecule has 3 atom stereocenters. The van der Waals surface area contributed by atoms with E-state index in [1.54, 1.807) is 13.3 Å². The molecule has 1 unspecified atom stereocenters. The summed E-state index contributed by atoms with van der Waals surface area (Å²) in [5.41, 5.74) is 1.87. The van der Waals surface area contributed by atoms with Crippen LogP contribution in [-0.4, -0.2) is 72.2 Å². The summed E-state index contributed by atoms with van der Waals surface area (Å²) < 4.78 is 18.9. The van der Waals surface area contributed by atoms with Gasteiger partial charge >= 0.3 is 0 Å². The quantitative estimate of drug-likeness (QED) is 0.833. The monoisotopic (exact) mass is 397 g/mol. The van der Waals surface area contributed by atoms with Gasteiger partial charge in [-0.15, -0.1) is 0 Å². The Morgan fingerprint density at radius 3 is 3.10 bits per heavy atom. The minimum atomic E-state index is -1.10. The van der Waals surface area contributed by atoms with Crippen molar-refractivity contribution in [2.75, 3.05) is 38.6 Å². The van der Waals surface area contributed by atoms with Crippen molar-refractivity contribution in [3.63, 3.8) is 0 Å². The fourth-order valence-electron chi connectivity index (χ4n) is 4.15. The van der Waals surface area contributed by atoms with Crippen molar-refractivity contribution in [3.05, 3.63) is 30.5 Å². The van der Waals surface area contributed by atoms with Gasteiger partial charge in [0, 0.05) is 36.6 Å². The highest BCUT2D eigenvalue weighted by Gasteiger charge is 2.36. The molecule has 2 aliphatic heterocycles. The van der Waals surface area contributed by atoms with Crippen LogP contribution in [0.2, 0.25) is 0 Å². The highest BCUT2D eigenvalue weighted by molar-refractivity contribution is 5.92. The molecule has 152 valence electrons. The maximum Gasteiger partial charge on any atom is 0.237 e. The minimum absolute atomic E-state index is 0.0252. The van der Waals surface area contributed by atoms with Gasteiger partial charge in [0.05, 0.1) is 38.0 Å². The van der Waals surface area contributed by atoms with E-state index in [0.717, 1.165) is 29.6 Å². The Balaban J connectivity index is 1.39. The number of methoxy groups -OCH3 is 1. The Morgan fingerprint density at radius 1 is 1.45 bits per heavy atom. The van der Waals surface area contributed by atoms with Gasteiger partial charge < -0.3 is 15.0 Å². The van der Waals surface area contributed by atoms with Gasteiger partial charge in [0.1, 0.15) is 18.0 Å². The highest BCUT2D eigenvalue weighted by Crippen LogP contribution is 2.27. The Bertz CT molecular complexity index is 946. The second kappa shape index (κ2) is 8.21. The first-order valence-corrected chi connectivity index (χ1v) is 9.82. The van der Waals surface area contributed by atoms with Gasteiger partial charge in [-0.1, -0.05) is 6.07 Å². The lowest BCUT2D eigenvalue weighted by atomic mass is 10.1. The highest BCUT2D eigenvalue weighted by atomic mass is 19.1. The maximum atomic E-state index is 13.6. The molecule has 2 saturated heterocycles. The van der Waals surface area contributed by atoms with Gasteiger partial charge in [0.2, 0.25) is 5.91 Å². The number of hydrogen-bond donors (Lipinski definition) is 1. The molecule has 2 aliphatic rings. The molecule has 2 aromatic rings. The molecule has 8 heteroatoms. The number of carbonyl (C=O) groups is 1. The molecular weight excluding hydrogens is 373 g/mol. The Labute approximate surface area is 169 Å². The second-order valence-electron chi connectivity index (χ2n) is 7.64. The zero-order valence-corrected chi connectivity index (χ0v) is 16.3. The lowest BCUT2D eigenvalue weighted by molar-refractivity contribution is -0.132. The molecule has 0 aliphatic carbocycles. The summed E-state index contributed by atoms with van der Waals surface area (Å²) in [6.45, 7) is 1.73. The van der Waals surface area contributed by atoms with Crippen molar-refractivity contribution in [2.24, 2.45) is 0 Å². The van der Waals surface area contributed by atoms with Crippen LogP contribution in [0.5, 0.6) is 5.75 Å². The van der Waals surface area contributed by atoms with Gasteiger partial charge in [-0.25, -0.2) is 4.39 Å². The van der Waals surface area contributed by atoms with E-state index in [2.05, 4.69) is 15.2 Å². The molecule has 7 nitrogen and oxygen atoms in total. The SMILES string of the molecule is COc1cnc2cccc(N[C@@H]3CCN(CC(=O)N4C[C@@H](F)CC4C#N)C3)c2c1. The van der Waals surface area contributed by atoms with Crippen molar-refractivity contribution < 1.29 is 13.9 Å². The Kier molecular flexibility index (Phi) is 5.49. The topological polar surface area (TPSA) is 81.5 Å². The van der Waals surface area contributed by atoms with E-state index in [9.17, 15) is 9.18 Å². The number of anilines is 1. The van der Waals surface area contributed by atoms with Gasteiger partial charge in [-0.05, 0) is 24.6 Å². The summed E-state index contributed by atoms with van der Waals surface area (Å²) in [6, 6.07) is 9.48. The predicted molar refractivity (Wildman–Crippen MR) is 107 cm³/mol. The number of hydrogen-bond acceptors (Lipinski definition) is 6. The maximum absolute atomic E-state index is 13.6. The second-order valence-corrected chi connectivity index (χ2v) is 7.64. The van der Waals surface area contributed by atoms with Crippen LogP contribution >= 0.6 is 0 Å². The smallest absolute Gasteiger partial charge is 0.237 e. The number of halogens is 1. The fourth-order valence-corrected chi connectivity index (χ4v) is 4.15. The van der Waals surface area contributed by atoms with E-state index in [0.29, 0.717) is 12.3 Å². The van der Waals surface area contributed by atoms with Crippen LogP contribution < -0.4 is 10.1 Å². The van der Waals surface area contributed by atoms with Crippen molar-refractivity contribution in [1.82, 2.24) is 14.8 Å².